The van der Waals surface area contributed by atoms with Crippen molar-refractivity contribution < 1.29 is 0 Å². The number of pyridine rings is 1. The Morgan fingerprint density at radius 2 is 1.83 bits per heavy atom. The van der Waals surface area contributed by atoms with Crippen molar-refractivity contribution in [1.29, 1.82) is 0 Å². The van der Waals surface area contributed by atoms with Crippen LogP contribution < -0.4 is 5.32 Å². The summed E-state index contributed by atoms with van der Waals surface area (Å²) in [5.74, 6) is 2.70. The molecule has 2 unspecified atom stereocenters. The molecular formula is C16H16N2. The zero-order chi connectivity index (χ0) is 12.8. The van der Waals surface area contributed by atoms with Gasteiger partial charge in [-0.1, -0.05) is 42.3 Å². The molecule has 1 aromatic heterocycles. The van der Waals surface area contributed by atoms with Gasteiger partial charge in [-0.25, -0.2) is 0 Å². The minimum Gasteiger partial charge on any atom is -0.292 e. The molecule has 0 bridgehead atoms. The largest absolute Gasteiger partial charge is 0.292 e. The van der Waals surface area contributed by atoms with Crippen molar-refractivity contribution >= 4 is 0 Å². The van der Waals surface area contributed by atoms with Crippen molar-refractivity contribution in [1.82, 2.24) is 10.3 Å². The van der Waals surface area contributed by atoms with Crippen molar-refractivity contribution in [3.8, 4) is 12.3 Å². The van der Waals surface area contributed by atoms with Gasteiger partial charge in [0.25, 0.3) is 0 Å². The maximum absolute atomic E-state index is 5.44. The van der Waals surface area contributed by atoms with Crippen molar-refractivity contribution in [3.05, 3.63) is 66.0 Å². The normalized spacial score (nSPS) is 13.6. The first-order valence-electron chi connectivity index (χ1n) is 5.99. The predicted molar refractivity (Wildman–Crippen MR) is 74.0 cm³/mol. The molecule has 2 aromatic rings. The third-order valence-corrected chi connectivity index (χ3v) is 2.78. The predicted octanol–water partition coefficient (Wildman–Crippen LogP) is 2.78. The summed E-state index contributed by atoms with van der Waals surface area (Å²) >= 11 is 0. The summed E-state index contributed by atoms with van der Waals surface area (Å²) in [6, 6.07) is 16.1. The molecule has 0 aliphatic rings. The van der Waals surface area contributed by atoms with Gasteiger partial charge < -0.3 is 0 Å². The van der Waals surface area contributed by atoms with Crippen LogP contribution in [-0.4, -0.2) is 11.0 Å². The van der Waals surface area contributed by atoms with Crippen LogP contribution in [0.3, 0.4) is 0 Å². The summed E-state index contributed by atoms with van der Waals surface area (Å²) in [6.45, 7) is 1.97. The van der Waals surface area contributed by atoms with Gasteiger partial charge in [0.2, 0.25) is 0 Å². The van der Waals surface area contributed by atoms with E-state index in [0.717, 1.165) is 5.69 Å². The van der Waals surface area contributed by atoms with Crippen LogP contribution in [0.5, 0.6) is 0 Å². The molecular weight excluding hydrogens is 220 g/mol. The second-order valence-electron chi connectivity index (χ2n) is 4.15. The summed E-state index contributed by atoms with van der Waals surface area (Å²) in [5, 5.41) is 3.40. The Bertz CT molecular complexity index is 474. The highest BCUT2D eigenvalue weighted by Crippen LogP contribution is 2.20. The molecule has 0 fully saturated rings. The molecule has 0 amide bonds. The fourth-order valence-corrected chi connectivity index (χ4v) is 1.84. The molecule has 0 spiro atoms. The van der Waals surface area contributed by atoms with Crippen molar-refractivity contribution in [2.45, 2.75) is 19.0 Å². The number of hydrogen-bond acceptors (Lipinski definition) is 2. The first kappa shape index (κ1) is 12.3. The van der Waals surface area contributed by atoms with Crippen LogP contribution in [0.1, 0.15) is 24.2 Å². The molecule has 0 aliphatic carbocycles. The zero-order valence-electron chi connectivity index (χ0n) is 10.4. The molecule has 1 heterocycles. The Kier molecular flexibility index (Phi) is 4.11. The Morgan fingerprint density at radius 3 is 2.44 bits per heavy atom. The number of terminal acetylenes is 1. The minimum absolute atomic E-state index is 0.00258. The van der Waals surface area contributed by atoms with E-state index in [-0.39, 0.29) is 12.1 Å². The van der Waals surface area contributed by atoms with E-state index in [0.29, 0.717) is 0 Å². The van der Waals surface area contributed by atoms with Crippen LogP contribution in [0.2, 0.25) is 0 Å². The van der Waals surface area contributed by atoms with Gasteiger partial charge in [0.05, 0.1) is 17.8 Å². The molecule has 0 aliphatic heterocycles. The Hall–Kier alpha value is -2.11. The van der Waals surface area contributed by atoms with Gasteiger partial charge in [-0.05, 0) is 24.6 Å². The molecule has 2 atom stereocenters. The number of hydrogen-bond donors (Lipinski definition) is 1. The highest BCUT2D eigenvalue weighted by atomic mass is 15.0. The molecule has 0 radical (unpaired) electrons. The lowest BCUT2D eigenvalue weighted by Gasteiger charge is -2.20. The number of aromatic nitrogens is 1. The average Bonchev–Trinajstić information content (AvgIpc) is 2.46. The lowest BCUT2D eigenvalue weighted by molar-refractivity contribution is 0.562. The highest BCUT2D eigenvalue weighted by molar-refractivity contribution is 5.28. The van der Waals surface area contributed by atoms with E-state index in [1.54, 1.807) is 6.20 Å². The summed E-state index contributed by atoms with van der Waals surface area (Å²) in [5.41, 5.74) is 2.14. The monoisotopic (exact) mass is 236 g/mol. The standard InChI is InChI=1S/C16H16N2/c1-3-13(2)18-16(14-9-5-4-6-10-14)15-11-7-8-12-17-15/h1,4-13,16,18H,2H3. The Balaban J connectivity index is 2.33. The Labute approximate surface area is 108 Å². The molecule has 2 nitrogen and oxygen atoms in total. The summed E-state index contributed by atoms with van der Waals surface area (Å²) in [4.78, 5) is 4.41. The fraction of sp³-hybridized carbons (Fsp3) is 0.188. The molecule has 0 saturated carbocycles. The molecule has 2 rings (SSSR count). The van der Waals surface area contributed by atoms with Crippen LogP contribution in [-0.2, 0) is 0 Å². The number of nitrogens with one attached hydrogen (secondary N) is 1. The van der Waals surface area contributed by atoms with E-state index in [4.69, 9.17) is 6.42 Å². The quantitative estimate of drug-likeness (QED) is 0.826. The second kappa shape index (κ2) is 6.00. The van der Waals surface area contributed by atoms with Gasteiger partial charge in [0.15, 0.2) is 0 Å². The molecule has 90 valence electrons. The lowest BCUT2D eigenvalue weighted by Crippen LogP contribution is -2.30. The van der Waals surface area contributed by atoms with Crippen molar-refractivity contribution in [2.24, 2.45) is 0 Å². The lowest BCUT2D eigenvalue weighted by atomic mass is 10.0. The first-order valence-corrected chi connectivity index (χ1v) is 5.99. The summed E-state index contributed by atoms with van der Waals surface area (Å²) in [7, 11) is 0. The topological polar surface area (TPSA) is 24.9 Å². The maximum atomic E-state index is 5.44. The van der Waals surface area contributed by atoms with Crippen LogP contribution in [0.4, 0.5) is 0 Å². The molecule has 0 saturated heterocycles. The third kappa shape index (κ3) is 2.97. The summed E-state index contributed by atoms with van der Waals surface area (Å²) < 4.78 is 0. The Morgan fingerprint density at radius 1 is 1.11 bits per heavy atom. The van der Waals surface area contributed by atoms with Gasteiger partial charge >= 0.3 is 0 Å². The van der Waals surface area contributed by atoms with Crippen LogP contribution >= 0.6 is 0 Å². The second-order valence-corrected chi connectivity index (χ2v) is 4.15. The van der Waals surface area contributed by atoms with Gasteiger partial charge in [0, 0.05) is 6.20 Å². The molecule has 1 N–H and O–H groups in total. The maximum Gasteiger partial charge on any atom is 0.0760 e. The van der Waals surface area contributed by atoms with Crippen LogP contribution in [0.15, 0.2) is 54.7 Å². The van der Waals surface area contributed by atoms with Crippen molar-refractivity contribution in [2.75, 3.05) is 0 Å². The number of nitrogens with zero attached hydrogens (tertiary/aromatic N) is 1. The van der Waals surface area contributed by atoms with Crippen LogP contribution in [0, 0.1) is 12.3 Å². The fourth-order valence-electron chi connectivity index (χ4n) is 1.84. The average molecular weight is 236 g/mol. The van der Waals surface area contributed by atoms with Crippen LogP contribution in [0.25, 0.3) is 0 Å². The van der Waals surface area contributed by atoms with E-state index < -0.39 is 0 Å². The number of benzene rings is 1. The molecule has 2 heteroatoms. The van der Waals surface area contributed by atoms with E-state index in [1.165, 1.54) is 5.56 Å². The highest BCUT2D eigenvalue weighted by Gasteiger charge is 2.16. The first-order chi connectivity index (χ1) is 8.81. The minimum atomic E-state index is -0.00258. The van der Waals surface area contributed by atoms with Gasteiger partial charge in [-0.15, -0.1) is 6.42 Å². The van der Waals surface area contributed by atoms with Gasteiger partial charge in [0.1, 0.15) is 0 Å². The van der Waals surface area contributed by atoms with Crippen molar-refractivity contribution in [3.63, 3.8) is 0 Å². The van der Waals surface area contributed by atoms with E-state index >= 15 is 0 Å². The molecule has 1 aromatic carbocycles. The smallest absolute Gasteiger partial charge is 0.0760 e. The van der Waals surface area contributed by atoms with Gasteiger partial charge in [-0.2, -0.15) is 0 Å². The molecule has 18 heavy (non-hydrogen) atoms. The SMILES string of the molecule is C#CC(C)NC(c1ccccc1)c1ccccn1. The zero-order valence-corrected chi connectivity index (χ0v) is 10.4. The summed E-state index contributed by atoms with van der Waals surface area (Å²) in [6.07, 6.45) is 7.24. The van der Waals surface area contributed by atoms with E-state index in [9.17, 15) is 0 Å². The van der Waals surface area contributed by atoms with E-state index in [2.05, 4.69) is 28.4 Å². The van der Waals surface area contributed by atoms with Gasteiger partial charge in [-0.3, -0.25) is 10.3 Å². The van der Waals surface area contributed by atoms with E-state index in [1.807, 2.05) is 43.3 Å². The third-order valence-electron chi connectivity index (χ3n) is 2.78. The number of rotatable bonds is 4.